The highest BCUT2D eigenvalue weighted by atomic mass is 35.5. The summed E-state index contributed by atoms with van der Waals surface area (Å²) in [6, 6.07) is 9.28. The summed E-state index contributed by atoms with van der Waals surface area (Å²) in [6.45, 7) is 0.277. The lowest BCUT2D eigenvalue weighted by molar-refractivity contribution is 0.442. The Kier molecular flexibility index (Phi) is 4.07. The van der Waals surface area contributed by atoms with E-state index in [-0.39, 0.29) is 12.3 Å². The Labute approximate surface area is 114 Å². The second-order valence-corrected chi connectivity index (χ2v) is 4.49. The van der Waals surface area contributed by atoms with E-state index in [4.69, 9.17) is 33.7 Å². The fourth-order valence-corrected chi connectivity index (χ4v) is 1.88. The van der Waals surface area contributed by atoms with Gasteiger partial charge in [-0.15, -0.1) is 0 Å². The monoisotopic (exact) mass is 285 g/mol. The van der Waals surface area contributed by atoms with Crippen LogP contribution in [0.25, 0.3) is 0 Å². The molecule has 94 valence electrons. The minimum absolute atomic E-state index is 0.0939. The highest BCUT2D eigenvalue weighted by Crippen LogP contribution is 2.32. The Bertz CT molecular complexity index is 575. The Morgan fingerprint density at radius 1 is 1.06 bits per heavy atom. The number of nitrogens with two attached hydrogens (primary N) is 1. The molecule has 2 N–H and O–H groups in total. The van der Waals surface area contributed by atoms with Crippen molar-refractivity contribution in [2.45, 2.75) is 6.54 Å². The zero-order chi connectivity index (χ0) is 13.1. The molecule has 0 aliphatic heterocycles. The summed E-state index contributed by atoms with van der Waals surface area (Å²) < 4.78 is 19.1. The van der Waals surface area contributed by atoms with Crippen LogP contribution in [0.5, 0.6) is 11.5 Å². The smallest absolute Gasteiger partial charge is 0.166 e. The van der Waals surface area contributed by atoms with Gasteiger partial charge in [-0.05, 0) is 35.9 Å². The van der Waals surface area contributed by atoms with Gasteiger partial charge in [0.05, 0.1) is 5.02 Å². The fraction of sp³-hybridized carbons (Fsp3) is 0.0769. The zero-order valence-corrected chi connectivity index (χ0v) is 10.8. The van der Waals surface area contributed by atoms with Gasteiger partial charge in [0.15, 0.2) is 11.6 Å². The van der Waals surface area contributed by atoms with Gasteiger partial charge in [-0.25, -0.2) is 4.39 Å². The van der Waals surface area contributed by atoms with Crippen LogP contribution in [0.15, 0.2) is 36.4 Å². The fourth-order valence-electron chi connectivity index (χ4n) is 1.43. The molecule has 0 radical (unpaired) electrons. The van der Waals surface area contributed by atoms with E-state index in [9.17, 15) is 4.39 Å². The van der Waals surface area contributed by atoms with Crippen LogP contribution >= 0.6 is 23.2 Å². The van der Waals surface area contributed by atoms with Gasteiger partial charge < -0.3 is 10.5 Å². The molecule has 0 amide bonds. The van der Waals surface area contributed by atoms with Crippen molar-refractivity contribution in [1.82, 2.24) is 0 Å². The number of rotatable bonds is 3. The van der Waals surface area contributed by atoms with Gasteiger partial charge in [0, 0.05) is 11.6 Å². The molecular weight excluding hydrogens is 276 g/mol. The van der Waals surface area contributed by atoms with E-state index in [1.165, 1.54) is 18.2 Å². The lowest BCUT2D eigenvalue weighted by atomic mass is 10.2. The maximum atomic E-state index is 13.7. The highest BCUT2D eigenvalue weighted by molar-refractivity contribution is 6.35. The molecule has 2 nitrogen and oxygen atoms in total. The van der Waals surface area contributed by atoms with E-state index in [1.54, 1.807) is 18.2 Å². The van der Waals surface area contributed by atoms with Crippen molar-refractivity contribution < 1.29 is 9.13 Å². The summed E-state index contributed by atoms with van der Waals surface area (Å²) >= 11 is 11.7. The van der Waals surface area contributed by atoms with Crippen LogP contribution in [0.1, 0.15) is 5.56 Å². The van der Waals surface area contributed by atoms with Crippen molar-refractivity contribution in [3.05, 3.63) is 57.8 Å². The topological polar surface area (TPSA) is 35.2 Å². The van der Waals surface area contributed by atoms with Crippen molar-refractivity contribution in [2.24, 2.45) is 5.73 Å². The first-order chi connectivity index (χ1) is 8.60. The molecule has 0 bridgehead atoms. The molecule has 0 saturated heterocycles. The Morgan fingerprint density at radius 3 is 2.39 bits per heavy atom. The molecule has 0 heterocycles. The van der Waals surface area contributed by atoms with Crippen molar-refractivity contribution >= 4 is 23.2 Å². The average molecular weight is 286 g/mol. The van der Waals surface area contributed by atoms with Crippen LogP contribution < -0.4 is 10.5 Å². The molecule has 18 heavy (non-hydrogen) atoms. The molecule has 0 saturated carbocycles. The van der Waals surface area contributed by atoms with Crippen LogP contribution in [0.2, 0.25) is 10.0 Å². The second kappa shape index (κ2) is 5.57. The Hall–Kier alpha value is -1.29. The Balaban J connectivity index is 2.28. The van der Waals surface area contributed by atoms with Crippen LogP contribution in [0.3, 0.4) is 0 Å². The van der Waals surface area contributed by atoms with Gasteiger partial charge >= 0.3 is 0 Å². The predicted molar refractivity (Wildman–Crippen MR) is 70.8 cm³/mol. The summed E-state index contributed by atoms with van der Waals surface area (Å²) in [6.07, 6.45) is 0. The van der Waals surface area contributed by atoms with Gasteiger partial charge in [-0.1, -0.05) is 29.3 Å². The quantitative estimate of drug-likeness (QED) is 0.908. The number of benzene rings is 2. The molecular formula is C13H10Cl2FNO. The molecule has 2 aromatic carbocycles. The number of hydrogen-bond donors (Lipinski definition) is 1. The van der Waals surface area contributed by atoms with Gasteiger partial charge in [-0.2, -0.15) is 0 Å². The first kappa shape index (κ1) is 13.1. The largest absolute Gasteiger partial charge is 0.453 e. The van der Waals surface area contributed by atoms with Crippen LogP contribution in [-0.4, -0.2) is 0 Å². The van der Waals surface area contributed by atoms with Crippen LogP contribution in [0.4, 0.5) is 4.39 Å². The maximum absolute atomic E-state index is 13.7. The first-order valence-electron chi connectivity index (χ1n) is 5.21. The molecule has 2 aromatic rings. The van der Waals surface area contributed by atoms with Crippen molar-refractivity contribution in [1.29, 1.82) is 0 Å². The molecule has 5 heteroatoms. The molecule has 0 aromatic heterocycles. The van der Waals surface area contributed by atoms with Crippen molar-refractivity contribution in [3.8, 4) is 11.5 Å². The molecule has 0 fully saturated rings. The Morgan fingerprint density at radius 2 is 1.78 bits per heavy atom. The minimum Gasteiger partial charge on any atom is -0.453 e. The standard InChI is InChI=1S/C13H10Cl2FNO/c14-9-2-4-12(10(15)6-9)18-13-3-1-8(7-17)5-11(13)16/h1-6H,7,17H2. The number of hydrogen-bond acceptors (Lipinski definition) is 2. The third kappa shape index (κ3) is 2.93. The molecule has 0 aliphatic rings. The van der Waals surface area contributed by atoms with Gasteiger partial charge in [0.25, 0.3) is 0 Å². The van der Waals surface area contributed by atoms with Gasteiger partial charge in [-0.3, -0.25) is 0 Å². The molecule has 0 atom stereocenters. The molecule has 0 spiro atoms. The van der Waals surface area contributed by atoms with E-state index >= 15 is 0 Å². The van der Waals surface area contributed by atoms with Crippen LogP contribution in [0, 0.1) is 5.82 Å². The van der Waals surface area contributed by atoms with Gasteiger partial charge in [0.1, 0.15) is 5.75 Å². The second-order valence-electron chi connectivity index (χ2n) is 3.65. The van der Waals surface area contributed by atoms with E-state index in [1.807, 2.05) is 0 Å². The van der Waals surface area contributed by atoms with E-state index in [2.05, 4.69) is 0 Å². The molecule has 2 rings (SSSR count). The number of halogens is 3. The first-order valence-corrected chi connectivity index (χ1v) is 5.97. The predicted octanol–water partition coefficient (Wildman–Crippen LogP) is 4.38. The maximum Gasteiger partial charge on any atom is 0.166 e. The summed E-state index contributed by atoms with van der Waals surface area (Å²) in [5.74, 6) is -0.0409. The third-order valence-electron chi connectivity index (χ3n) is 2.35. The van der Waals surface area contributed by atoms with E-state index < -0.39 is 5.82 Å². The average Bonchev–Trinajstić information content (AvgIpc) is 2.34. The van der Waals surface area contributed by atoms with E-state index in [0.717, 1.165) is 0 Å². The molecule has 0 unspecified atom stereocenters. The molecule has 0 aliphatic carbocycles. The number of ether oxygens (including phenoxy) is 1. The van der Waals surface area contributed by atoms with Crippen molar-refractivity contribution in [3.63, 3.8) is 0 Å². The van der Waals surface area contributed by atoms with Gasteiger partial charge in [0.2, 0.25) is 0 Å². The lowest BCUT2D eigenvalue weighted by Gasteiger charge is -2.09. The normalized spacial score (nSPS) is 10.4. The summed E-state index contributed by atoms with van der Waals surface area (Å²) in [4.78, 5) is 0. The highest BCUT2D eigenvalue weighted by Gasteiger charge is 2.08. The zero-order valence-electron chi connectivity index (χ0n) is 9.29. The van der Waals surface area contributed by atoms with E-state index in [0.29, 0.717) is 21.4 Å². The summed E-state index contributed by atoms with van der Waals surface area (Å²) in [7, 11) is 0. The summed E-state index contributed by atoms with van der Waals surface area (Å²) in [5.41, 5.74) is 6.12. The summed E-state index contributed by atoms with van der Waals surface area (Å²) in [5, 5.41) is 0.816. The SMILES string of the molecule is NCc1ccc(Oc2ccc(Cl)cc2Cl)c(F)c1. The van der Waals surface area contributed by atoms with Crippen molar-refractivity contribution in [2.75, 3.05) is 0 Å². The van der Waals surface area contributed by atoms with Crippen LogP contribution in [-0.2, 0) is 6.54 Å². The minimum atomic E-state index is -0.482. The third-order valence-corrected chi connectivity index (χ3v) is 2.88. The lowest BCUT2D eigenvalue weighted by Crippen LogP contribution is -1.97.